The second-order valence-corrected chi connectivity index (χ2v) is 7.21. The molecule has 5 nitrogen and oxygen atoms in total. The van der Waals surface area contributed by atoms with Gasteiger partial charge in [-0.3, -0.25) is 4.79 Å². The Hall–Kier alpha value is -1.59. The van der Waals surface area contributed by atoms with E-state index >= 15 is 0 Å². The maximum atomic E-state index is 12.3. The molecule has 2 heterocycles. The normalized spacial score (nSPS) is 20.9. The molecule has 1 aromatic carbocycles. The lowest BCUT2D eigenvalue weighted by Crippen LogP contribution is -2.47. The maximum absolute atomic E-state index is 12.3. The fourth-order valence-electron chi connectivity index (χ4n) is 2.95. The van der Waals surface area contributed by atoms with Crippen LogP contribution >= 0.6 is 0 Å². The number of hydrogen-bond donors (Lipinski definition) is 1. The largest absolute Gasteiger partial charge is 0.384 e. The van der Waals surface area contributed by atoms with Gasteiger partial charge in [-0.25, -0.2) is 0 Å². The standard InChI is InChI=1S/C18H27N3O2/c1-18(13-23-14-18)12-19-16-5-3-15(4-6-16)11-17(22)21-9-7-20(2)8-10-21/h3-6,19H,7-14H2,1-2H3. The number of nitrogens with one attached hydrogen (secondary N) is 1. The quantitative estimate of drug-likeness (QED) is 0.893. The maximum Gasteiger partial charge on any atom is 0.227 e. The Morgan fingerprint density at radius 2 is 1.83 bits per heavy atom. The fourth-order valence-corrected chi connectivity index (χ4v) is 2.95. The smallest absolute Gasteiger partial charge is 0.227 e. The topological polar surface area (TPSA) is 44.8 Å². The molecule has 0 saturated carbocycles. The SMILES string of the molecule is CN1CCN(C(=O)Cc2ccc(NCC3(C)COC3)cc2)CC1. The van der Waals surface area contributed by atoms with E-state index in [0.29, 0.717) is 6.42 Å². The lowest BCUT2D eigenvalue weighted by atomic mass is 9.88. The summed E-state index contributed by atoms with van der Waals surface area (Å²) in [6.45, 7) is 8.44. The third-order valence-corrected chi connectivity index (χ3v) is 4.79. The molecule has 0 atom stereocenters. The fraction of sp³-hybridized carbons (Fsp3) is 0.611. The van der Waals surface area contributed by atoms with Crippen molar-refractivity contribution in [2.45, 2.75) is 13.3 Å². The van der Waals surface area contributed by atoms with Gasteiger partial charge in [-0.05, 0) is 24.7 Å². The highest BCUT2D eigenvalue weighted by atomic mass is 16.5. The van der Waals surface area contributed by atoms with Crippen LogP contribution in [0.3, 0.4) is 0 Å². The first-order valence-electron chi connectivity index (χ1n) is 8.41. The van der Waals surface area contributed by atoms with E-state index in [2.05, 4.69) is 48.5 Å². The minimum atomic E-state index is 0.234. The van der Waals surface area contributed by atoms with Crippen LogP contribution in [0.1, 0.15) is 12.5 Å². The zero-order valence-corrected chi connectivity index (χ0v) is 14.2. The monoisotopic (exact) mass is 317 g/mol. The molecule has 0 radical (unpaired) electrons. The van der Waals surface area contributed by atoms with Gasteiger partial charge < -0.3 is 19.9 Å². The van der Waals surface area contributed by atoms with Crippen molar-refractivity contribution in [3.8, 4) is 0 Å². The predicted molar refractivity (Wildman–Crippen MR) is 91.6 cm³/mol. The summed E-state index contributed by atoms with van der Waals surface area (Å²) in [6.07, 6.45) is 0.496. The minimum absolute atomic E-state index is 0.234. The van der Waals surface area contributed by atoms with Gasteiger partial charge in [-0.2, -0.15) is 0 Å². The Kier molecular flexibility index (Phi) is 4.87. The molecule has 0 spiro atoms. The van der Waals surface area contributed by atoms with Crippen LogP contribution < -0.4 is 5.32 Å². The third-order valence-electron chi connectivity index (χ3n) is 4.79. The van der Waals surface area contributed by atoms with E-state index in [1.807, 2.05) is 4.90 Å². The highest BCUT2D eigenvalue weighted by molar-refractivity contribution is 5.79. The summed E-state index contributed by atoms with van der Waals surface area (Å²) >= 11 is 0. The van der Waals surface area contributed by atoms with Crippen molar-refractivity contribution in [3.63, 3.8) is 0 Å². The van der Waals surface area contributed by atoms with Crippen molar-refractivity contribution < 1.29 is 9.53 Å². The van der Waals surface area contributed by atoms with Crippen molar-refractivity contribution >= 4 is 11.6 Å². The summed E-state index contributed by atoms with van der Waals surface area (Å²) in [4.78, 5) is 16.6. The zero-order chi connectivity index (χ0) is 16.3. The lowest BCUT2D eigenvalue weighted by molar-refractivity contribution is -0.132. The molecule has 2 saturated heterocycles. The van der Waals surface area contributed by atoms with E-state index in [-0.39, 0.29) is 11.3 Å². The number of benzene rings is 1. The van der Waals surface area contributed by atoms with Gasteiger partial charge in [0.25, 0.3) is 0 Å². The van der Waals surface area contributed by atoms with Crippen molar-refractivity contribution in [3.05, 3.63) is 29.8 Å². The molecule has 1 N–H and O–H groups in total. The van der Waals surface area contributed by atoms with E-state index in [4.69, 9.17) is 4.74 Å². The van der Waals surface area contributed by atoms with Gasteiger partial charge >= 0.3 is 0 Å². The first-order valence-corrected chi connectivity index (χ1v) is 8.41. The van der Waals surface area contributed by atoms with E-state index in [0.717, 1.165) is 57.2 Å². The van der Waals surface area contributed by atoms with Crippen molar-refractivity contribution in [1.82, 2.24) is 9.80 Å². The summed E-state index contributed by atoms with van der Waals surface area (Å²) in [5, 5.41) is 3.45. The lowest BCUT2D eigenvalue weighted by Gasteiger charge is -2.38. The van der Waals surface area contributed by atoms with Gasteiger partial charge in [0.2, 0.25) is 5.91 Å². The van der Waals surface area contributed by atoms with E-state index < -0.39 is 0 Å². The number of ether oxygens (including phenoxy) is 1. The molecule has 0 bridgehead atoms. The molecule has 3 rings (SSSR count). The number of piperazine rings is 1. The number of likely N-dealkylation sites (N-methyl/N-ethyl adjacent to an activating group) is 1. The Bertz CT molecular complexity index is 532. The minimum Gasteiger partial charge on any atom is -0.384 e. The predicted octanol–water partition coefficient (Wildman–Crippen LogP) is 1.45. The van der Waals surface area contributed by atoms with Gasteiger partial charge in [-0.1, -0.05) is 19.1 Å². The molecule has 0 aliphatic carbocycles. The first-order chi connectivity index (χ1) is 11.0. The molecule has 126 valence electrons. The van der Waals surface area contributed by atoms with Crippen LogP contribution in [0.15, 0.2) is 24.3 Å². The highest BCUT2D eigenvalue weighted by Gasteiger charge is 2.32. The summed E-state index contributed by atoms with van der Waals surface area (Å²) in [6, 6.07) is 8.23. The Morgan fingerprint density at radius 1 is 1.17 bits per heavy atom. The summed E-state index contributed by atoms with van der Waals surface area (Å²) in [5.41, 5.74) is 2.45. The van der Waals surface area contributed by atoms with Gasteiger partial charge in [0.05, 0.1) is 19.6 Å². The number of nitrogens with zero attached hydrogens (tertiary/aromatic N) is 2. The number of anilines is 1. The van der Waals surface area contributed by atoms with Crippen LogP contribution in [0, 0.1) is 5.41 Å². The van der Waals surface area contributed by atoms with Crippen molar-refractivity contribution in [1.29, 1.82) is 0 Å². The highest BCUT2D eigenvalue weighted by Crippen LogP contribution is 2.26. The van der Waals surface area contributed by atoms with Crippen molar-refractivity contribution in [2.75, 3.05) is 58.3 Å². The van der Waals surface area contributed by atoms with Crippen molar-refractivity contribution in [2.24, 2.45) is 5.41 Å². The van der Waals surface area contributed by atoms with Crippen LogP contribution in [-0.2, 0) is 16.0 Å². The van der Waals surface area contributed by atoms with E-state index in [1.165, 1.54) is 0 Å². The molecular formula is C18H27N3O2. The molecule has 0 unspecified atom stereocenters. The number of rotatable bonds is 5. The summed E-state index contributed by atoms with van der Waals surface area (Å²) in [7, 11) is 2.10. The van der Waals surface area contributed by atoms with E-state index in [1.54, 1.807) is 0 Å². The van der Waals surface area contributed by atoms with Crippen LogP contribution in [0.4, 0.5) is 5.69 Å². The number of amides is 1. The molecule has 23 heavy (non-hydrogen) atoms. The molecule has 1 amide bonds. The number of hydrogen-bond acceptors (Lipinski definition) is 4. The van der Waals surface area contributed by atoms with Gasteiger partial charge in [0.15, 0.2) is 0 Å². The second-order valence-electron chi connectivity index (χ2n) is 7.21. The molecule has 5 heteroatoms. The van der Waals surface area contributed by atoms with Crippen LogP contribution in [0.25, 0.3) is 0 Å². The Balaban J connectivity index is 1.48. The molecule has 0 aromatic heterocycles. The van der Waals surface area contributed by atoms with E-state index in [9.17, 15) is 4.79 Å². The summed E-state index contributed by atoms with van der Waals surface area (Å²) in [5.74, 6) is 0.234. The third kappa shape index (κ3) is 4.24. The Labute approximate surface area is 138 Å². The molecule has 2 aliphatic heterocycles. The van der Waals surface area contributed by atoms with Gasteiger partial charge in [0, 0.05) is 43.8 Å². The second kappa shape index (κ2) is 6.89. The summed E-state index contributed by atoms with van der Waals surface area (Å²) < 4.78 is 5.27. The Morgan fingerprint density at radius 3 is 2.39 bits per heavy atom. The molecule has 2 fully saturated rings. The van der Waals surface area contributed by atoms with Crippen LogP contribution in [0.5, 0.6) is 0 Å². The molecular weight excluding hydrogens is 290 g/mol. The van der Waals surface area contributed by atoms with Crippen LogP contribution in [-0.4, -0.2) is 68.7 Å². The molecule has 1 aromatic rings. The molecule has 2 aliphatic rings. The number of carbonyl (C=O) groups is 1. The average Bonchev–Trinajstić information content (AvgIpc) is 2.53. The van der Waals surface area contributed by atoms with Gasteiger partial charge in [0.1, 0.15) is 0 Å². The van der Waals surface area contributed by atoms with Crippen LogP contribution in [0.2, 0.25) is 0 Å². The number of carbonyl (C=O) groups excluding carboxylic acids is 1. The average molecular weight is 317 g/mol. The first kappa shape index (κ1) is 16.3. The zero-order valence-electron chi connectivity index (χ0n) is 14.2. The van der Waals surface area contributed by atoms with Gasteiger partial charge in [-0.15, -0.1) is 0 Å².